The zero-order chi connectivity index (χ0) is 27.5. The van der Waals surface area contributed by atoms with Gasteiger partial charge in [-0.3, -0.25) is 19.9 Å². The second-order valence-corrected chi connectivity index (χ2v) is 11.6. The van der Waals surface area contributed by atoms with Gasteiger partial charge in [-0.05, 0) is 66.9 Å². The van der Waals surface area contributed by atoms with Crippen molar-refractivity contribution in [1.82, 2.24) is 25.6 Å². The smallest absolute Gasteiger partial charge is 0.290 e. The van der Waals surface area contributed by atoms with Gasteiger partial charge in [0.25, 0.3) is 11.1 Å². The van der Waals surface area contributed by atoms with Crippen LogP contribution in [0.3, 0.4) is 0 Å². The van der Waals surface area contributed by atoms with Crippen molar-refractivity contribution >= 4 is 56.4 Å². The number of fused-ring (bicyclic) bond motifs is 1. The van der Waals surface area contributed by atoms with E-state index >= 15 is 0 Å². The molecule has 0 spiro atoms. The average molecular weight is 568 g/mol. The molecule has 2 aliphatic heterocycles. The first kappa shape index (κ1) is 26.1. The molecule has 5 heterocycles. The van der Waals surface area contributed by atoms with E-state index in [0.29, 0.717) is 34.6 Å². The zero-order valence-electron chi connectivity index (χ0n) is 21.5. The molecule has 11 heteroatoms. The largest absolute Gasteiger partial charge is 0.341 e. The van der Waals surface area contributed by atoms with Gasteiger partial charge in [0.05, 0.1) is 21.9 Å². The fourth-order valence-electron chi connectivity index (χ4n) is 4.97. The summed E-state index contributed by atoms with van der Waals surface area (Å²) in [4.78, 5) is 39.4. The summed E-state index contributed by atoms with van der Waals surface area (Å²) in [7, 11) is 0. The molecule has 0 bridgehead atoms. The van der Waals surface area contributed by atoms with Gasteiger partial charge in [0, 0.05) is 53.1 Å². The molecular formula is C29H25N7O2S2. The Morgan fingerprint density at radius 2 is 2.02 bits per heavy atom. The third-order valence-corrected chi connectivity index (χ3v) is 8.82. The van der Waals surface area contributed by atoms with Crippen molar-refractivity contribution in [1.29, 1.82) is 5.26 Å². The Kier molecular flexibility index (Phi) is 7.55. The number of hydrogen-bond donors (Lipinski definition) is 2. The highest BCUT2D eigenvalue weighted by Gasteiger charge is 2.26. The van der Waals surface area contributed by atoms with Gasteiger partial charge in [0.1, 0.15) is 6.07 Å². The Labute approximate surface area is 239 Å². The van der Waals surface area contributed by atoms with Crippen LogP contribution in [0.15, 0.2) is 59.1 Å². The number of pyridine rings is 1. The number of benzene rings is 1. The van der Waals surface area contributed by atoms with E-state index in [9.17, 15) is 14.9 Å². The molecule has 40 heavy (non-hydrogen) atoms. The molecule has 6 rings (SSSR count). The highest BCUT2D eigenvalue weighted by molar-refractivity contribution is 8.18. The minimum Gasteiger partial charge on any atom is -0.341 e. The molecule has 9 nitrogen and oxygen atoms in total. The first-order valence-electron chi connectivity index (χ1n) is 13.0. The van der Waals surface area contributed by atoms with Gasteiger partial charge in [-0.2, -0.15) is 5.26 Å². The van der Waals surface area contributed by atoms with Gasteiger partial charge in [-0.15, -0.1) is 11.3 Å². The number of thioether (sulfide) groups is 1. The summed E-state index contributed by atoms with van der Waals surface area (Å²) in [6.45, 7) is 3.20. The third-order valence-electron chi connectivity index (χ3n) is 7.05. The standard InChI is InChI=1S/C29H25N7O2S2/c30-13-20-11-19(16-33-26(20)23-17-39-24-4-2-1-3-22(23)24)15-31-14-18-6-9-36(10-7-18)28-32-8-5-21(34-28)12-25-27(37)35-29(38)40-25/h1-5,8,11-12,16-18,31H,6-7,9-10,14-15H2,(H,35,37,38). The van der Waals surface area contributed by atoms with Crippen molar-refractivity contribution in [2.75, 3.05) is 24.5 Å². The van der Waals surface area contributed by atoms with E-state index in [1.807, 2.05) is 24.4 Å². The van der Waals surface area contributed by atoms with Crippen LogP contribution in [0.5, 0.6) is 0 Å². The topological polar surface area (TPSA) is 124 Å². The number of piperidine rings is 1. The monoisotopic (exact) mass is 567 g/mol. The van der Waals surface area contributed by atoms with Gasteiger partial charge in [-0.25, -0.2) is 9.97 Å². The Morgan fingerprint density at radius 1 is 1.18 bits per heavy atom. The van der Waals surface area contributed by atoms with E-state index in [1.165, 1.54) is 4.70 Å². The average Bonchev–Trinajstić information content (AvgIpc) is 3.55. The van der Waals surface area contributed by atoms with Crippen LogP contribution < -0.4 is 15.5 Å². The number of nitrogens with zero attached hydrogens (tertiary/aromatic N) is 5. The van der Waals surface area contributed by atoms with Crippen LogP contribution in [0, 0.1) is 17.2 Å². The fourth-order valence-corrected chi connectivity index (χ4v) is 6.59. The van der Waals surface area contributed by atoms with Gasteiger partial charge >= 0.3 is 0 Å². The molecule has 2 aliphatic rings. The lowest BCUT2D eigenvalue weighted by Gasteiger charge is -2.32. The summed E-state index contributed by atoms with van der Waals surface area (Å²) in [5.74, 6) is 0.755. The highest BCUT2D eigenvalue weighted by Crippen LogP contribution is 2.34. The van der Waals surface area contributed by atoms with Crippen molar-refractivity contribution < 1.29 is 9.59 Å². The lowest BCUT2D eigenvalue weighted by Crippen LogP contribution is -2.38. The van der Waals surface area contributed by atoms with E-state index in [2.05, 4.69) is 54.1 Å². The quantitative estimate of drug-likeness (QED) is 0.298. The third kappa shape index (κ3) is 5.60. The lowest BCUT2D eigenvalue weighted by molar-refractivity contribution is -0.115. The van der Waals surface area contributed by atoms with Crippen LogP contribution in [0.2, 0.25) is 0 Å². The molecule has 0 unspecified atom stereocenters. The van der Waals surface area contributed by atoms with E-state index < -0.39 is 5.91 Å². The number of imide groups is 1. The zero-order valence-corrected chi connectivity index (χ0v) is 23.1. The van der Waals surface area contributed by atoms with Crippen LogP contribution in [0.4, 0.5) is 10.7 Å². The number of aromatic nitrogens is 3. The molecule has 2 N–H and O–H groups in total. The number of thiophene rings is 1. The summed E-state index contributed by atoms with van der Waals surface area (Å²) >= 11 is 2.54. The molecule has 0 radical (unpaired) electrons. The molecule has 3 aromatic heterocycles. The van der Waals surface area contributed by atoms with Crippen molar-refractivity contribution in [3.63, 3.8) is 0 Å². The maximum atomic E-state index is 11.8. The van der Waals surface area contributed by atoms with Gasteiger partial charge in [-0.1, -0.05) is 18.2 Å². The number of rotatable bonds is 7. The van der Waals surface area contributed by atoms with Crippen molar-refractivity contribution in [3.8, 4) is 17.3 Å². The number of carbonyl (C=O) groups excluding carboxylic acids is 2. The minimum absolute atomic E-state index is 0.339. The molecule has 0 saturated carbocycles. The number of nitriles is 1. The highest BCUT2D eigenvalue weighted by atomic mass is 32.2. The summed E-state index contributed by atoms with van der Waals surface area (Å²) < 4.78 is 1.19. The van der Waals surface area contributed by atoms with E-state index in [4.69, 9.17) is 0 Å². The molecule has 4 aromatic rings. The number of amides is 2. The second kappa shape index (κ2) is 11.6. The number of anilines is 1. The molecule has 1 aromatic carbocycles. The second-order valence-electron chi connectivity index (χ2n) is 9.69. The molecular weight excluding hydrogens is 543 g/mol. The van der Waals surface area contributed by atoms with Crippen molar-refractivity contribution in [2.24, 2.45) is 5.92 Å². The van der Waals surface area contributed by atoms with E-state index in [-0.39, 0.29) is 5.24 Å². The number of carbonyl (C=O) groups is 2. The molecule has 2 fully saturated rings. The molecule has 200 valence electrons. The SMILES string of the molecule is N#Cc1cc(CNCC2CCN(c3nccc(C=C4SC(=O)NC4=O)n3)CC2)cnc1-c1csc2ccccc12. The van der Waals surface area contributed by atoms with Crippen LogP contribution in [0.1, 0.15) is 29.7 Å². The molecule has 2 amide bonds. The maximum Gasteiger partial charge on any atom is 0.290 e. The Bertz CT molecular complexity index is 1670. The van der Waals surface area contributed by atoms with Gasteiger partial charge in [0.2, 0.25) is 5.95 Å². The fraction of sp³-hybridized carbons (Fsp3) is 0.241. The Balaban J connectivity index is 1.02. The summed E-state index contributed by atoms with van der Waals surface area (Å²) in [5.41, 5.74) is 3.93. The van der Waals surface area contributed by atoms with Crippen LogP contribution in [0.25, 0.3) is 27.4 Å². The number of hydrogen-bond acceptors (Lipinski definition) is 10. The normalized spacial score (nSPS) is 17.0. The predicted molar refractivity (Wildman–Crippen MR) is 158 cm³/mol. The molecule has 0 aliphatic carbocycles. The van der Waals surface area contributed by atoms with Gasteiger partial charge in [0.15, 0.2) is 0 Å². The first-order chi connectivity index (χ1) is 19.6. The minimum atomic E-state index is -0.393. The van der Waals surface area contributed by atoms with Crippen LogP contribution >= 0.6 is 23.1 Å². The number of nitrogens with one attached hydrogen (secondary N) is 2. The van der Waals surface area contributed by atoms with Crippen LogP contribution in [-0.2, 0) is 11.3 Å². The van der Waals surface area contributed by atoms with Crippen molar-refractivity contribution in [2.45, 2.75) is 19.4 Å². The van der Waals surface area contributed by atoms with Crippen LogP contribution in [-0.4, -0.2) is 45.7 Å². The molecule has 2 saturated heterocycles. The summed E-state index contributed by atoms with van der Waals surface area (Å²) in [6.07, 6.45) is 7.16. The van der Waals surface area contributed by atoms with Gasteiger partial charge < -0.3 is 10.2 Å². The molecule has 0 atom stereocenters. The lowest BCUT2D eigenvalue weighted by atomic mass is 9.97. The summed E-state index contributed by atoms with van der Waals surface area (Å²) in [6, 6.07) is 14.2. The Hall–Kier alpha value is -4.11. The van der Waals surface area contributed by atoms with E-state index in [0.717, 1.165) is 66.4 Å². The predicted octanol–water partition coefficient (Wildman–Crippen LogP) is 4.96. The maximum absolute atomic E-state index is 11.8. The van der Waals surface area contributed by atoms with E-state index in [1.54, 1.807) is 29.7 Å². The summed E-state index contributed by atoms with van der Waals surface area (Å²) in [5, 5.41) is 18.4. The first-order valence-corrected chi connectivity index (χ1v) is 14.7. The Morgan fingerprint density at radius 3 is 2.83 bits per heavy atom. The van der Waals surface area contributed by atoms with Crippen molar-refractivity contribution in [3.05, 3.63) is 75.9 Å².